The van der Waals surface area contributed by atoms with Gasteiger partial charge in [-0.2, -0.15) is 0 Å². The molecule has 0 spiro atoms. The fourth-order valence-corrected chi connectivity index (χ4v) is 5.21. The summed E-state index contributed by atoms with van der Waals surface area (Å²) in [4.78, 5) is 28.7. The largest absolute Gasteiger partial charge is 0.486 e. The summed E-state index contributed by atoms with van der Waals surface area (Å²) >= 11 is 1.40. The maximum absolute atomic E-state index is 13.1. The third kappa shape index (κ3) is 4.61. The lowest BCUT2D eigenvalue weighted by molar-refractivity contribution is -0.116. The molecule has 3 aromatic rings. The summed E-state index contributed by atoms with van der Waals surface area (Å²) in [5.74, 6) is 1.57. The Kier molecular flexibility index (Phi) is 6.45. The zero-order valence-electron chi connectivity index (χ0n) is 19.0. The predicted molar refractivity (Wildman–Crippen MR) is 133 cm³/mol. The van der Waals surface area contributed by atoms with Crippen molar-refractivity contribution in [1.82, 2.24) is 5.32 Å². The Morgan fingerprint density at radius 1 is 1.00 bits per heavy atom. The topological polar surface area (TPSA) is 67.9 Å². The molecule has 0 aliphatic carbocycles. The van der Waals surface area contributed by atoms with Crippen LogP contribution in [0.5, 0.6) is 11.5 Å². The summed E-state index contributed by atoms with van der Waals surface area (Å²) in [5.41, 5.74) is 3.69. The highest BCUT2D eigenvalue weighted by molar-refractivity contribution is 8.00. The van der Waals surface area contributed by atoms with E-state index < -0.39 is 0 Å². The van der Waals surface area contributed by atoms with Gasteiger partial charge in [0.05, 0.1) is 17.4 Å². The van der Waals surface area contributed by atoms with Crippen molar-refractivity contribution in [3.8, 4) is 11.5 Å². The van der Waals surface area contributed by atoms with E-state index in [2.05, 4.69) is 11.4 Å². The van der Waals surface area contributed by atoms with Crippen LogP contribution in [0.15, 0.2) is 71.6 Å². The van der Waals surface area contributed by atoms with Gasteiger partial charge < -0.3 is 19.7 Å². The lowest BCUT2D eigenvalue weighted by Crippen LogP contribution is -2.30. The maximum atomic E-state index is 13.1. The highest BCUT2D eigenvalue weighted by Crippen LogP contribution is 2.33. The summed E-state index contributed by atoms with van der Waals surface area (Å²) in [7, 11) is 0. The van der Waals surface area contributed by atoms with Gasteiger partial charge in [-0.1, -0.05) is 36.4 Å². The van der Waals surface area contributed by atoms with Gasteiger partial charge in [0.1, 0.15) is 13.2 Å². The Morgan fingerprint density at radius 3 is 2.65 bits per heavy atom. The number of hydrogen-bond acceptors (Lipinski definition) is 5. The van der Waals surface area contributed by atoms with Crippen molar-refractivity contribution in [3.05, 3.63) is 83.4 Å². The zero-order chi connectivity index (χ0) is 23.5. The SMILES string of the molecule is C[C@H](NC(=O)c1ccccc1SCC(=O)N1CCc2ccccc21)c1ccc2c(c1)OCCO2. The number of para-hydroxylation sites is 1. The van der Waals surface area contributed by atoms with E-state index in [1.807, 2.05) is 66.4 Å². The van der Waals surface area contributed by atoms with Crippen LogP contribution in [-0.2, 0) is 11.2 Å². The molecule has 1 N–H and O–H groups in total. The maximum Gasteiger partial charge on any atom is 0.252 e. The summed E-state index contributed by atoms with van der Waals surface area (Å²) in [6, 6.07) is 20.9. The van der Waals surface area contributed by atoms with Crippen LogP contribution in [0.4, 0.5) is 5.69 Å². The number of nitrogens with one attached hydrogen (secondary N) is 1. The van der Waals surface area contributed by atoms with Crippen molar-refractivity contribution in [2.45, 2.75) is 24.3 Å². The van der Waals surface area contributed by atoms with E-state index in [9.17, 15) is 9.59 Å². The van der Waals surface area contributed by atoms with Gasteiger partial charge in [0, 0.05) is 17.1 Å². The standard InChI is InChI=1S/C27H26N2O4S/c1-18(20-10-11-23-24(16-20)33-15-14-32-23)28-27(31)21-7-3-5-9-25(21)34-17-26(30)29-13-12-19-6-2-4-8-22(19)29/h2-11,16,18H,12-15,17H2,1H3,(H,28,31)/t18-/m0/s1. The van der Waals surface area contributed by atoms with Crippen molar-refractivity contribution in [1.29, 1.82) is 0 Å². The number of thioether (sulfide) groups is 1. The Hall–Kier alpha value is -3.45. The minimum absolute atomic E-state index is 0.0507. The van der Waals surface area contributed by atoms with Crippen LogP contribution in [0.25, 0.3) is 0 Å². The van der Waals surface area contributed by atoms with Crippen LogP contribution in [-0.4, -0.2) is 37.3 Å². The first-order chi connectivity index (χ1) is 16.6. The van der Waals surface area contributed by atoms with Crippen LogP contribution in [0, 0.1) is 0 Å². The van der Waals surface area contributed by atoms with Gasteiger partial charge in [0.15, 0.2) is 11.5 Å². The Morgan fingerprint density at radius 2 is 1.76 bits per heavy atom. The first-order valence-electron chi connectivity index (χ1n) is 11.4. The minimum Gasteiger partial charge on any atom is -0.486 e. The molecule has 7 heteroatoms. The number of rotatable bonds is 6. The van der Waals surface area contributed by atoms with Crippen LogP contribution in [0.1, 0.15) is 34.5 Å². The molecular formula is C27H26N2O4S. The first kappa shape index (κ1) is 22.3. The van der Waals surface area contributed by atoms with E-state index in [0.29, 0.717) is 31.1 Å². The smallest absolute Gasteiger partial charge is 0.252 e. The Bertz CT molecular complexity index is 1230. The van der Waals surface area contributed by atoms with E-state index in [4.69, 9.17) is 9.47 Å². The lowest BCUT2D eigenvalue weighted by atomic mass is 10.1. The fraction of sp³-hybridized carbons (Fsp3) is 0.259. The van der Waals surface area contributed by atoms with Crippen molar-refractivity contribution in [3.63, 3.8) is 0 Å². The number of amides is 2. The quantitative estimate of drug-likeness (QED) is 0.528. The Balaban J connectivity index is 1.25. The average Bonchev–Trinajstić information content (AvgIpc) is 3.31. The summed E-state index contributed by atoms with van der Waals surface area (Å²) in [6.45, 7) is 3.70. The molecule has 0 saturated carbocycles. The molecule has 2 amide bonds. The molecule has 0 bridgehead atoms. The van der Waals surface area contributed by atoms with Gasteiger partial charge in [0.2, 0.25) is 5.91 Å². The zero-order valence-corrected chi connectivity index (χ0v) is 19.8. The van der Waals surface area contributed by atoms with E-state index >= 15 is 0 Å². The lowest BCUT2D eigenvalue weighted by Gasteiger charge is -2.21. The second-order valence-corrected chi connectivity index (χ2v) is 9.32. The molecule has 5 rings (SSSR count). The van der Waals surface area contributed by atoms with E-state index in [0.717, 1.165) is 28.3 Å². The second-order valence-electron chi connectivity index (χ2n) is 8.31. The number of benzene rings is 3. The first-order valence-corrected chi connectivity index (χ1v) is 12.4. The molecule has 1 atom stereocenters. The van der Waals surface area contributed by atoms with Crippen LogP contribution in [0.2, 0.25) is 0 Å². The molecule has 2 aliphatic rings. The number of anilines is 1. The van der Waals surface area contributed by atoms with Crippen LogP contribution in [0.3, 0.4) is 0 Å². The normalized spacial score (nSPS) is 14.9. The predicted octanol–water partition coefficient (Wildman–Crippen LogP) is 4.63. The molecule has 0 saturated heterocycles. The van der Waals surface area contributed by atoms with Gasteiger partial charge in [-0.15, -0.1) is 11.8 Å². The number of ether oxygens (including phenoxy) is 2. The van der Waals surface area contributed by atoms with E-state index in [1.54, 1.807) is 6.07 Å². The van der Waals surface area contributed by atoms with Gasteiger partial charge >= 0.3 is 0 Å². The molecule has 0 unspecified atom stereocenters. The summed E-state index contributed by atoms with van der Waals surface area (Å²) in [5, 5.41) is 3.07. The van der Waals surface area contributed by atoms with Crippen LogP contribution >= 0.6 is 11.8 Å². The van der Waals surface area contributed by atoms with Gasteiger partial charge in [0.25, 0.3) is 5.91 Å². The average molecular weight is 475 g/mol. The second kappa shape index (κ2) is 9.81. The molecule has 3 aromatic carbocycles. The molecule has 2 heterocycles. The Labute approximate surface area is 203 Å². The minimum atomic E-state index is -0.218. The summed E-state index contributed by atoms with van der Waals surface area (Å²) < 4.78 is 11.2. The number of hydrogen-bond donors (Lipinski definition) is 1. The molecule has 174 valence electrons. The van der Waals surface area contributed by atoms with E-state index in [1.165, 1.54) is 17.3 Å². The molecule has 0 aromatic heterocycles. The third-order valence-corrected chi connectivity index (χ3v) is 7.14. The number of carbonyl (C=O) groups is 2. The van der Waals surface area contributed by atoms with Gasteiger partial charge in [-0.3, -0.25) is 9.59 Å². The van der Waals surface area contributed by atoms with Gasteiger partial charge in [-0.25, -0.2) is 0 Å². The molecule has 0 fully saturated rings. The fourth-order valence-electron chi connectivity index (χ4n) is 4.28. The van der Waals surface area contributed by atoms with Crippen molar-refractivity contribution in [2.24, 2.45) is 0 Å². The number of fused-ring (bicyclic) bond motifs is 2. The number of carbonyl (C=O) groups excluding carboxylic acids is 2. The number of nitrogens with zero attached hydrogens (tertiary/aromatic N) is 1. The monoisotopic (exact) mass is 474 g/mol. The summed E-state index contributed by atoms with van der Waals surface area (Å²) in [6.07, 6.45) is 0.878. The highest BCUT2D eigenvalue weighted by atomic mass is 32.2. The van der Waals surface area contributed by atoms with E-state index in [-0.39, 0.29) is 23.6 Å². The van der Waals surface area contributed by atoms with Crippen molar-refractivity contribution in [2.75, 3.05) is 30.4 Å². The molecular weight excluding hydrogens is 448 g/mol. The molecule has 34 heavy (non-hydrogen) atoms. The van der Waals surface area contributed by atoms with Crippen LogP contribution < -0.4 is 19.7 Å². The highest BCUT2D eigenvalue weighted by Gasteiger charge is 2.25. The van der Waals surface area contributed by atoms with Crippen molar-refractivity contribution < 1.29 is 19.1 Å². The van der Waals surface area contributed by atoms with Crippen molar-refractivity contribution >= 4 is 29.3 Å². The molecule has 0 radical (unpaired) electrons. The van der Waals surface area contributed by atoms with Gasteiger partial charge in [-0.05, 0) is 54.8 Å². The molecule has 2 aliphatic heterocycles. The third-order valence-electron chi connectivity index (χ3n) is 6.08. The molecule has 6 nitrogen and oxygen atoms in total.